The molecule has 1 heterocycles. The first-order chi connectivity index (χ1) is 12.5. The summed E-state index contributed by atoms with van der Waals surface area (Å²) in [5.41, 5.74) is 0.754. The number of piperazine rings is 1. The molecule has 0 aromatic heterocycles. The van der Waals surface area contributed by atoms with Crippen molar-refractivity contribution in [1.82, 2.24) is 15.5 Å². The van der Waals surface area contributed by atoms with Crippen molar-refractivity contribution in [3.05, 3.63) is 24.3 Å². The van der Waals surface area contributed by atoms with E-state index >= 15 is 0 Å². The van der Waals surface area contributed by atoms with Crippen LogP contribution < -0.4 is 20.7 Å². The van der Waals surface area contributed by atoms with Crippen molar-refractivity contribution in [2.24, 2.45) is 0 Å². The zero-order valence-electron chi connectivity index (χ0n) is 15.8. The van der Waals surface area contributed by atoms with E-state index in [1.165, 1.54) is 0 Å². The van der Waals surface area contributed by atoms with Crippen molar-refractivity contribution in [3.8, 4) is 5.75 Å². The molecule has 1 fully saturated rings. The molecule has 4 N–H and O–H groups in total. The first-order valence-corrected chi connectivity index (χ1v) is 9.40. The highest BCUT2D eigenvalue weighted by Crippen LogP contribution is 2.16. The van der Waals surface area contributed by atoms with Crippen LogP contribution in [0.2, 0.25) is 0 Å². The lowest BCUT2D eigenvalue weighted by Gasteiger charge is -2.26. The largest absolute Gasteiger partial charge is 0.491 e. The first kappa shape index (κ1) is 20.6. The second kappa shape index (κ2) is 11.1. The predicted octanol–water partition coefficient (Wildman–Crippen LogP) is 0.658. The molecule has 1 aromatic carbocycles. The molecule has 1 saturated heterocycles. The summed E-state index contributed by atoms with van der Waals surface area (Å²) in [6.45, 7) is 9.56. The number of carbonyl (C=O) groups excluding carboxylic acids is 1. The SMILES string of the molecule is CC(C)NC[C@@H](O)COc1ccc(NC(=O)CCN2CCNCC2)cc1. The molecule has 1 aromatic rings. The van der Waals surface area contributed by atoms with Crippen molar-refractivity contribution < 1.29 is 14.6 Å². The van der Waals surface area contributed by atoms with E-state index in [9.17, 15) is 9.90 Å². The standard InChI is InChI=1S/C19H32N4O3/c1-15(2)21-13-17(24)14-26-18-5-3-16(4-6-18)22-19(25)7-10-23-11-8-20-9-12-23/h3-6,15,17,20-21,24H,7-14H2,1-2H3,(H,22,25)/t17-/m1/s1. The summed E-state index contributed by atoms with van der Waals surface area (Å²) in [6.07, 6.45) is -0.0606. The van der Waals surface area contributed by atoms with Crippen LogP contribution >= 0.6 is 0 Å². The zero-order valence-corrected chi connectivity index (χ0v) is 15.8. The van der Waals surface area contributed by atoms with Crippen LogP contribution in [0.15, 0.2) is 24.3 Å². The number of amides is 1. The van der Waals surface area contributed by atoms with Gasteiger partial charge in [0.2, 0.25) is 5.91 Å². The van der Waals surface area contributed by atoms with Crippen LogP contribution in [0.4, 0.5) is 5.69 Å². The van der Waals surface area contributed by atoms with E-state index in [0.717, 1.165) is 38.4 Å². The Labute approximate surface area is 156 Å². The zero-order chi connectivity index (χ0) is 18.8. The lowest BCUT2D eigenvalue weighted by Crippen LogP contribution is -2.44. The maximum absolute atomic E-state index is 12.1. The number of benzene rings is 1. The molecule has 26 heavy (non-hydrogen) atoms. The number of aliphatic hydroxyl groups excluding tert-OH is 1. The highest BCUT2D eigenvalue weighted by molar-refractivity contribution is 5.90. The predicted molar refractivity (Wildman–Crippen MR) is 104 cm³/mol. The number of ether oxygens (including phenoxy) is 1. The minimum Gasteiger partial charge on any atom is -0.491 e. The third kappa shape index (κ3) is 8.14. The minimum atomic E-state index is -0.554. The van der Waals surface area contributed by atoms with Gasteiger partial charge in [-0.2, -0.15) is 0 Å². The van der Waals surface area contributed by atoms with Gasteiger partial charge < -0.3 is 30.7 Å². The maximum Gasteiger partial charge on any atom is 0.225 e. The molecule has 7 nitrogen and oxygen atoms in total. The van der Waals surface area contributed by atoms with Crippen LogP contribution in [-0.4, -0.2) is 73.9 Å². The van der Waals surface area contributed by atoms with Crippen LogP contribution in [0.1, 0.15) is 20.3 Å². The molecule has 1 aliphatic rings. The Morgan fingerprint density at radius 3 is 2.62 bits per heavy atom. The number of nitrogens with zero attached hydrogens (tertiary/aromatic N) is 1. The first-order valence-electron chi connectivity index (χ1n) is 9.40. The summed E-state index contributed by atoms with van der Waals surface area (Å²) in [6, 6.07) is 7.57. The molecule has 1 amide bonds. The van der Waals surface area contributed by atoms with Crippen molar-refractivity contribution in [3.63, 3.8) is 0 Å². The van der Waals surface area contributed by atoms with Gasteiger partial charge in [-0.05, 0) is 24.3 Å². The molecular weight excluding hydrogens is 332 g/mol. The number of hydrogen-bond donors (Lipinski definition) is 4. The number of carbonyl (C=O) groups is 1. The van der Waals surface area contributed by atoms with E-state index in [4.69, 9.17) is 4.74 Å². The highest BCUT2D eigenvalue weighted by atomic mass is 16.5. The Morgan fingerprint density at radius 2 is 1.96 bits per heavy atom. The summed E-state index contributed by atoms with van der Waals surface area (Å²) in [5.74, 6) is 0.694. The van der Waals surface area contributed by atoms with Crippen LogP contribution in [0, 0.1) is 0 Å². The van der Waals surface area contributed by atoms with Crippen molar-refractivity contribution >= 4 is 11.6 Å². The van der Waals surface area contributed by atoms with Gasteiger partial charge in [-0.15, -0.1) is 0 Å². The fraction of sp³-hybridized carbons (Fsp3) is 0.632. The van der Waals surface area contributed by atoms with Gasteiger partial charge in [-0.3, -0.25) is 4.79 Å². The van der Waals surface area contributed by atoms with E-state index in [2.05, 4.69) is 20.9 Å². The van der Waals surface area contributed by atoms with Crippen molar-refractivity contribution in [1.29, 1.82) is 0 Å². The Bertz CT molecular complexity index is 530. The molecule has 0 spiro atoms. The number of anilines is 1. The summed E-state index contributed by atoms with van der Waals surface area (Å²) in [4.78, 5) is 14.4. The van der Waals surface area contributed by atoms with Gasteiger partial charge >= 0.3 is 0 Å². The summed E-state index contributed by atoms with van der Waals surface area (Å²) in [5, 5.41) is 19.2. The number of rotatable bonds is 10. The smallest absolute Gasteiger partial charge is 0.225 e. The fourth-order valence-corrected chi connectivity index (χ4v) is 2.68. The fourth-order valence-electron chi connectivity index (χ4n) is 2.68. The topological polar surface area (TPSA) is 85.9 Å². The molecule has 1 atom stereocenters. The van der Waals surface area contributed by atoms with Crippen LogP contribution in [0.3, 0.4) is 0 Å². The summed E-state index contributed by atoms with van der Waals surface area (Å²) >= 11 is 0. The van der Waals surface area contributed by atoms with Crippen molar-refractivity contribution in [2.45, 2.75) is 32.4 Å². The molecule has 0 bridgehead atoms. The molecule has 0 saturated carbocycles. The van der Waals surface area contributed by atoms with Gasteiger partial charge in [-0.25, -0.2) is 0 Å². The summed E-state index contributed by atoms with van der Waals surface area (Å²) < 4.78 is 5.57. The molecule has 0 radical (unpaired) electrons. The van der Waals surface area contributed by atoms with Crippen LogP contribution in [-0.2, 0) is 4.79 Å². The molecule has 2 rings (SSSR count). The second-order valence-electron chi connectivity index (χ2n) is 6.94. The van der Waals surface area contributed by atoms with Gasteiger partial charge in [-0.1, -0.05) is 13.8 Å². The number of nitrogens with one attached hydrogen (secondary N) is 3. The van der Waals surface area contributed by atoms with Gasteiger partial charge in [0, 0.05) is 57.4 Å². The van der Waals surface area contributed by atoms with Gasteiger partial charge in [0.05, 0.1) is 0 Å². The van der Waals surface area contributed by atoms with E-state index < -0.39 is 6.10 Å². The monoisotopic (exact) mass is 364 g/mol. The molecular formula is C19H32N4O3. The lowest BCUT2D eigenvalue weighted by atomic mass is 10.2. The second-order valence-corrected chi connectivity index (χ2v) is 6.94. The lowest BCUT2D eigenvalue weighted by molar-refractivity contribution is -0.116. The number of hydrogen-bond acceptors (Lipinski definition) is 6. The molecule has 146 valence electrons. The Balaban J connectivity index is 1.66. The normalized spacial score (nSPS) is 16.5. The van der Waals surface area contributed by atoms with Gasteiger partial charge in [0.1, 0.15) is 18.5 Å². The molecule has 7 heteroatoms. The Kier molecular flexibility index (Phi) is 8.84. The summed E-state index contributed by atoms with van der Waals surface area (Å²) in [7, 11) is 0. The third-order valence-corrected chi connectivity index (χ3v) is 4.21. The Hall–Kier alpha value is -1.67. The molecule has 0 aliphatic carbocycles. The quantitative estimate of drug-likeness (QED) is 0.488. The maximum atomic E-state index is 12.1. The van der Waals surface area contributed by atoms with Crippen LogP contribution in [0.5, 0.6) is 5.75 Å². The minimum absolute atomic E-state index is 0.0207. The molecule has 1 aliphatic heterocycles. The van der Waals surface area contributed by atoms with E-state index in [0.29, 0.717) is 24.8 Å². The average molecular weight is 364 g/mol. The average Bonchev–Trinajstić information content (AvgIpc) is 2.65. The van der Waals surface area contributed by atoms with Crippen LogP contribution in [0.25, 0.3) is 0 Å². The highest BCUT2D eigenvalue weighted by Gasteiger charge is 2.11. The van der Waals surface area contributed by atoms with Crippen molar-refractivity contribution in [2.75, 3.05) is 51.2 Å². The number of aliphatic hydroxyl groups is 1. The Morgan fingerprint density at radius 1 is 1.27 bits per heavy atom. The van der Waals surface area contributed by atoms with E-state index in [1.807, 2.05) is 26.0 Å². The van der Waals surface area contributed by atoms with Gasteiger partial charge in [0.15, 0.2) is 0 Å². The van der Waals surface area contributed by atoms with E-state index in [-0.39, 0.29) is 12.5 Å². The van der Waals surface area contributed by atoms with E-state index in [1.54, 1.807) is 12.1 Å². The molecule has 0 unspecified atom stereocenters. The van der Waals surface area contributed by atoms with Gasteiger partial charge in [0.25, 0.3) is 0 Å². The third-order valence-electron chi connectivity index (χ3n) is 4.21.